The minimum Gasteiger partial charge on any atom is -0.389 e. The lowest BCUT2D eigenvalue weighted by atomic mass is 10.0. The van der Waals surface area contributed by atoms with Gasteiger partial charge >= 0.3 is 0 Å². The standard InChI is InChI=1S/C14H24N2O2S/c1-18-10-14(17)9-16-5-2-13(3-6-16)15-8-12-4-7-19-11-12/h4,7,11,13-15,17H,2-3,5-6,8-10H2,1H3. The Balaban J connectivity index is 1.62. The van der Waals surface area contributed by atoms with Crippen molar-refractivity contribution in [1.82, 2.24) is 10.2 Å². The van der Waals surface area contributed by atoms with E-state index in [-0.39, 0.29) is 6.10 Å². The lowest BCUT2D eigenvalue weighted by Crippen LogP contribution is -2.45. The third kappa shape index (κ3) is 5.20. The Morgan fingerprint density at radius 3 is 2.95 bits per heavy atom. The van der Waals surface area contributed by atoms with Crippen LogP contribution in [-0.4, -0.2) is 55.5 Å². The van der Waals surface area contributed by atoms with Gasteiger partial charge in [0.25, 0.3) is 0 Å². The van der Waals surface area contributed by atoms with E-state index in [0.29, 0.717) is 12.6 Å². The smallest absolute Gasteiger partial charge is 0.0900 e. The molecular weight excluding hydrogens is 260 g/mol. The molecule has 0 radical (unpaired) electrons. The lowest BCUT2D eigenvalue weighted by Gasteiger charge is -2.33. The van der Waals surface area contributed by atoms with Gasteiger partial charge in [-0.1, -0.05) is 0 Å². The van der Waals surface area contributed by atoms with Crippen molar-refractivity contribution in [1.29, 1.82) is 0 Å². The number of aliphatic hydroxyl groups excluding tert-OH is 1. The fraction of sp³-hybridized carbons (Fsp3) is 0.714. The van der Waals surface area contributed by atoms with Gasteiger partial charge in [-0.05, 0) is 48.3 Å². The summed E-state index contributed by atoms with van der Waals surface area (Å²) < 4.78 is 4.96. The van der Waals surface area contributed by atoms with Crippen molar-refractivity contribution < 1.29 is 9.84 Å². The third-order valence-corrected chi connectivity index (χ3v) is 4.32. The summed E-state index contributed by atoms with van der Waals surface area (Å²) in [4.78, 5) is 2.33. The van der Waals surface area contributed by atoms with Crippen molar-refractivity contribution in [3.8, 4) is 0 Å². The van der Waals surface area contributed by atoms with Crippen LogP contribution in [-0.2, 0) is 11.3 Å². The summed E-state index contributed by atoms with van der Waals surface area (Å²) in [5.41, 5.74) is 1.38. The van der Waals surface area contributed by atoms with E-state index in [4.69, 9.17) is 4.74 Å². The predicted octanol–water partition coefficient (Wildman–Crippen LogP) is 1.31. The highest BCUT2D eigenvalue weighted by Gasteiger charge is 2.20. The molecule has 1 aliphatic rings. The summed E-state index contributed by atoms with van der Waals surface area (Å²) in [5.74, 6) is 0. The molecule has 0 saturated carbocycles. The molecule has 1 fully saturated rings. The summed E-state index contributed by atoms with van der Waals surface area (Å²) in [6.45, 7) is 4.24. The first-order valence-electron chi connectivity index (χ1n) is 6.91. The van der Waals surface area contributed by atoms with Gasteiger partial charge in [-0.25, -0.2) is 0 Å². The number of nitrogens with one attached hydrogen (secondary N) is 1. The third-order valence-electron chi connectivity index (χ3n) is 3.59. The molecule has 2 rings (SSSR count). The molecule has 4 nitrogen and oxygen atoms in total. The summed E-state index contributed by atoms with van der Waals surface area (Å²) in [6.07, 6.45) is 1.95. The number of aliphatic hydroxyl groups is 1. The molecule has 19 heavy (non-hydrogen) atoms. The summed E-state index contributed by atoms with van der Waals surface area (Å²) in [5, 5.41) is 17.6. The van der Waals surface area contributed by atoms with Gasteiger partial charge in [0.05, 0.1) is 12.7 Å². The molecule has 1 atom stereocenters. The molecule has 1 aliphatic heterocycles. The van der Waals surface area contributed by atoms with E-state index in [1.54, 1.807) is 18.4 Å². The molecule has 0 bridgehead atoms. The first kappa shape index (κ1) is 14.9. The highest BCUT2D eigenvalue weighted by Crippen LogP contribution is 2.12. The van der Waals surface area contributed by atoms with Crippen molar-refractivity contribution in [2.24, 2.45) is 0 Å². The van der Waals surface area contributed by atoms with Crippen LogP contribution in [0.5, 0.6) is 0 Å². The minimum atomic E-state index is -0.361. The highest BCUT2D eigenvalue weighted by molar-refractivity contribution is 7.07. The van der Waals surface area contributed by atoms with Crippen LogP contribution >= 0.6 is 11.3 Å². The van der Waals surface area contributed by atoms with E-state index in [1.807, 2.05) is 0 Å². The number of hydrogen-bond acceptors (Lipinski definition) is 5. The molecule has 1 aromatic heterocycles. The second-order valence-corrected chi connectivity index (χ2v) is 5.98. The molecule has 0 amide bonds. The predicted molar refractivity (Wildman–Crippen MR) is 78.5 cm³/mol. The topological polar surface area (TPSA) is 44.7 Å². The van der Waals surface area contributed by atoms with Gasteiger partial charge in [0.1, 0.15) is 0 Å². The minimum absolute atomic E-state index is 0.361. The molecule has 5 heteroatoms. The molecule has 1 saturated heterocycles. The zero-order valence-corrected chi connectivity index (χ0v) is 12.4. The quantitative estimate of drug-likeness (QED) is 0.792. The van der Waals surface area contributed by atoms with E-state index >= 15 is 0 Å². The molecule has 0 aliphatic carbocycles. The molecule has 0 aromatic carbocycles. The van der Waals surface area contributed by atoms with Crippen LogP contribution in [0.3, 0.4) is 0 Å². The molecule has 0 spiro atoms. The fourth-order valence-corrected chi connectivity index (χ4v) is 3.19. The molecule has 2 heterocycles. The molecule has 1 unspecified atom stereocenters. The average Bonchev–Trinajstić information content (AvgIpc) is 2.91. The van der Waals surface area contributed by atoms with Crippen molar-refractivity contribution in [2.45, 2.75) is 31.5 Å². The van der Waals surface area contributed by atoms with Crippen molar-refractivity contribution in [3.05, 3.63) is 22.4 Å². The van der Waals surface area contributed by atoms with Gasteiger partial charge < -0.3 is 20.1 Å². The van der Waals surface area contributed by atoms with E-state index < -0.39 is 0 Å². The Bertz CT molecular complexity index is 337. The lowest BCUT2D eigenvalue weighted by molar-refractivity contribution is 0.0310. The molecular formula is C14H24N2O2S. The Kier molecular flexibility index (Phi) is 6.26. The molecule has 2 N–H and O–H groups in total. The Labute approximate surface area is 119 Å². The number of thiophene rings is 1. The first-order valence-corrected chi connectivity index (χ1v) is 7.86. The largest absolute Gasteiger partial charge is 0.389 e. The number of likely N-dealkylation sites (tertiary alicyclic amines) is 1. The number of methoxy groups -OCH3 is 1. The second kappa shape index (κ2) is 7.97. The zero-order valence-electron chi connectivity index (χ0n) is 11.5. The highest BCUT2D eigenvalue weighted by atomic mass is 32.1. The maximum absolute atomic E-state index is 9.71. The average molecular weight is 284 g/mol. The number of β-amino-alcohol motifs (C(OH)–C–C–N with tert-alkyl or cyclic N) is 1. The SMILES string of the molecule is COCC(O)CN1CCC(NCc2ccsc2)CC1. The number of nitrogens with zero attached hydrogens (tertiary/aromatic N) is 1. The van der Waals surface area contributed by atoms with E-state index in [0.717, 1.165) is 39.0 Å². The van der Waals surface area contributed by atoms with Gasteiger partial charge in [0.15, 0.2) is 0 Å². The Morgan fingerprint density at radius 1 is 1.53 bits per heavy atom. The second-order valence-electron chi connectivity index (χ2n) is 5.20. The van der Waals surface area contributed by atoms with Crippen LogP contribution in [0, 0.1) is 0 Å². The Hall–Kier alpha value is -0.460. The summed E-state index contributed by atoms with van der Waals surface area (Å²) in [6, 6.07) is 2.78. The number of ether oxygens (including phenoxy) is 1. The van der Waals surface area contributed by atoms with Gasteiger partial charge in [0.2, 0.25) is 0 Å². The van der Waals surface area contributed by atoms with Crippen molar-refractivity contribution in [2.75, 3.05) is 33.4 Å². The zero-order chi connectivity index (χ0) is 13.5. The first-order chi connectivity index (χ1) is 9.28. The molecule has 108 valence electrons. The number of rotatable bonds is 7. The van der Waals surface area contributed by atoms with Gasteiger partial charge in [-0.2, -0.15) is 11.3 Å². The van der Waals surface area contributed by atoms with Crippen LogP contribution in [0.15, 0.2) is 16.8 Å². The fourth-order valence-electron chi connectivity index (χ4n) is 2.52. The monoisotopic (exact) mass is 284 g/mol. The Morgan fingerprint density at radius 2 is 2.32 bits per heavy atom. The maximum Gasteiger partial charge on any atom is 0.0900 e. The van der Waals surface area contributed by atoms with Crippen LogP contribution in [0.1, 0.15) is 18.4 Å². The number of piperidine rings is 1. The van der Waals surface area contributed by atoms with E-state index in [1.165, 1.54) is 5.56 Å². The van der Waals surface area contributed by atoms with Crippen LogP contribution < -0.4 is 5.32 Å². The van der Waals surface area contributed by atoms with E-state index in [9.17, 15) is 5.11 Å². The van der Waals surface area contributed by atoms with E-state index in [2.05, 4.69) is 27.0 Å². The van der Waals surface area contributed by atoms with Gasteiger partial charge in [-0.15, -0.1) is 0 Å². The summed E-state index contributed by atoms with van der Waals surface area (Å²) in [7, 11) is 1.63. The van der Waals surface area contributed by atoms with Crippen molar-refractivity contribution >= 4 is 11.3 Å². The number of hydrogen-bond donors (Lipinski definition) is 2. The van der Waals surface area contributed by atoms with Crippen LogP contribution in [0.25, 0.3) is 0 Å². The maximum atomic E-state index is 9.71. The van der Waals surface area contributed by atoms with Gasteiger partial charge in [-0.3, -0.25) is 0 Å². The van der Waals surface area contributed by atoms with Crippen molar-refractivity contribution in [3.63, 3.8) is 0 Å². The summed E-state index contributed by atoms with van der Waals surface area (Å²) >= 11 is 1.75. The van der Waals surface area contributed by atoms with Gasteiger partial charge in [0, 0.05) is 26.2 Å². The normalized spacial score (nSPS) is 19.7. The van der Waals surface area contributed by atoms with Crippen LogP contribution in [0.2, 0.25) is 0 Å². The molecule has 1 aromatic rings. The van der Waals surface area contributed by atoms with Crippen LogP contribution in [0.4, 0.5) is 0 Å².